The van der Waals surface area contributed by atoms with Crippen LogP contribution in [0.5, 0.6) is 0 Å². The summed E-state index contributed by atoms with van der Waals surface area (Å²) in [7, 11) is 0. The van der Waals surface area contributed by atoms with Gasteiger partial charge in [0.25, 0.3) is 0 Å². The molecule has 0 bridgehead atoms. The topological polar surface area (TPSA) is 49.8 Å². The molecule has 5 heteroatoms. The Hall–Kier alpha value is -0.320. The van der Waals surface area contributed by atoms with E-state index in [1.54, 1.807) is 0 Å². The normalized spacial score (nSPS) is 25.8. The van der Waals surface area contributed by atoms with E-state index in [0.717, 1.165) is 38.8 Å². The third-order valence-electron chi connectivity index (χ3n) is 3.70. The van der Waals surface area contributed by atoms with Gasteiger partial charge in [0.2, 0.25) is 0 Å². The van der Waals surface area contributed by atoms with Gasteiger partial charge >= 0.3 is 5.97 Å². The van der Waals surface area contributed by atoms with Crippen LogP contribution >= 0.6 is 12.4 Å². The molecule has 1 aliphatic heterocycles. The van der Waals surface area contributed by atoms with Gasteiger partial charge in [0.05, 0.1) is 13.2 Å². The lowest BCUT2D eigenvalue weighted by atomic mass is 9.80. The van der Waals surface area contributed by atoms with E-state index < -0.39 is 11.5 Å². The minimum absolute atomic E-state index is 0. The first kappa shape index (κ1) is 13.7. The number of nitrogens with zero attached hydrogens (tertiary/aromatic N) is 1. The molecule has 4 nitrogen and oxygen atoms in total. The molecule has 2 aliphatic rings. The van der Waals surface area contributed by atoms with Crippen molar-refractivity contribution >= 4 is 18.4 Å². The maximum atomic E-state index is 11.5. The third kappa shape index (κ3) is 2.50. The minimum Gasteiger partial charge on any atom is -0.480 e. The Morgan fingerprint density at radius 3 is 2.19 bits per heavy atom. The smallest absolute Gasteiger partial charge is 0.324 e. The zero-order chi connectivity index (χ0) is 10.7. The Morgan fingerprint density at radius 2 is 1.69 bits per heavy atom. The standard InChI is InChI=1S/C11H19NO3.ClH/c13-10(14)11(4-2-1-3-5-11)12-6-8-15-9-7-12;/h1-9H2,(H,13,14);1H. The van der Waals surface area contributed by atoms with Crippen molar-refractivity contribution in [3.8, 4) is 0 Å². The molecule has 1 saturated carbocycles. The van der Waals surface area contributed by atoms with E-state index in [9.17, 15) is 9.90 Å². The van der Waals surface area contributed by atoms with Crippen molar-refractivity contribution in [3.63, 3.8) is 0 Å². The SMILES string of the molecule is Cl.O=C(O)C1(N2CCOCC2)CCCCC1. The molecule has 0 aromatic heterocycles. The molecular formula is C11H20ClNO3. The predicted octanol–water partition coefficient (Wildman–Crippen LogP) is 1.53. The second-order valence-electron chi connectivity index (χ2n) is 4.50. The van der Waals surface area contributed by atoms with Crippen LogP contribution in [0.3, 0.4) is 0 Å². The highest BCUT2D eigenvalue weighted by Gasteiger charge is 2.45. The van der Waals surface area contributed by atoms with Crippen molar-refractivity contribution in [3.05, 3.63) is 0 Å². The Kier molecular flexibility index (Phi) is 5.02. The van der Waals surface area contributed by atoms with Gasteiger partial charge in [-0.25, -0.2) is 0 Å². The number of carboxylic acids is 1. The number of hydrogen-bond donors (Lipinski definition) is 1. The summed E-state index contributed by atoms with van der Waals surface area (Å²) in [6.07, 6.45) is 4.89. The summed E-state index contributed by atoms with van der Waals surface area (Å²) in [5.41, 5.74) is -0.581. The molecule has 0 unspecified atom stereocenters. The maximum Gasteiger partial charge on any atom is 0.324 e. The van der Waals surface area contributed by atoms with Gasteiger partial charge in [-0.2, -0.15) is 0 Å². The van der Waals surface area contributed by atoms with E-state index in [4.69, 9.17) is 4.74 Å². The van der Waals surface area contributed by atoms with Gasteiger partial charge in [-0.05, 0) is 12.8 Å². The van der Waals surface area contributed by atoms with E-state index in [0.29, 0.717) is 13.2 Å². The van der Waals surface area contributed by atoms with Crippen molar-refractivity contribution in [2.24, 2.45) is 0 Å². The molecule has 16 heavy (non-hydrogen) atoms. The molecule has 0 aromatic carbocycles. The first-order valence-electron chi connectivity index (χ1n) is 5.82. The number of rotatable bonds is 2. The number of ether oxygens (including phenoxy) is 1. The number of carbonyl (C=O) groups is 1. The molecule has 2 rings (SSSR count). The Balaban J connectivity index is 0.00000128. The molecule has 0 aromatic rings. The Labute approximate surface area is 102 Å². The molecule has 1 saturated heterocycles. The third-order valence-corrected chi connectivity index (χ3v) is 3.70. The van der Waals surface area contributed by atoms with Crippen LogP contribution in [-0.4, -0.2) is 47.8 Å². The van der Waals surface area contributed by atoms with Gasteiger partial charge < -0.3 is 9.84 Å². The number of hydrogen-bond acceptors (Lipinski definition) is 3. The molecule has 0 amide bonds. The minimum atomic E-state index is -0.635. The van der Waals surface area contributed by atoms with Gasteiger partial charge in [0.1, 0.15) is 5.54 Å². The summed E-state index contributed by atoms with van der Waals surface area (Å²) in [5, 5.41) is 9.46. The average Bonchev–Trinajstić information content (AvgIpc) is 2.31. The van der Waals surface area contributed by atoms with Crippen LogP contribution in [0.25, 0.3) is 0 Å². The lowest BCUT2D eigenvalue weighted by molar-refractivity contribution is -0.158. The summed E-state index contributed by atoms with van der Waals surface area (Å²) < 4.78 is 5.28. The second kappa shape index (κ2) is 5.84. The van der Waals surface area contributed by atoms with E-state index in [-0.39, 0.29) is 12.4 Å². The van der Waals surface area contributed by atoms with Crippen molar-refractivity contribution in [2.45, 2.75) is 37.6 Å². The van der Waals surface area contributed by atoms with Gasteiger partial charge in [-0.15, -0.1) is 12.4 Å². The lowest BCUT2D eigenvalue weighted by Gasteiger charge is -2.44. The van der Waals surface area contributed by atoms with Crippen molar-refractivity contribution in [1.82, 2.24) is 4.90 Å². The van der Waals surface area contributed by atoms with E-state index in [1.165, 1.54) is 6.42 Å². The largest absolute Gasteiger partial charge is 0.480 e. The van der Waals surface area contributed by atoms with Crippen LogP contribution in [0.4, 0.5) is 0 Å². The molecule has 94 valence electrons. The highest BCUT2D eigenvalue weighted by Crippen LogP contribution is 2.34. The van der Waals surface area contributed by atoms with Crippen molar-refractivity contribution in [1.29, 1.82) is 0 Å². The fourth-order valence-electron chi connectivity index (χ4n) is 2.79. The highest BCUT2D eigenvalue weighted by atomic mass is 35.5. The number of aliphatic carboxylic acids is 1. The molecule has 0 radical (unpaired) electrons. The molecule has 0 atom stereocenters. The second-order valence-corrected chi connectivity index (χ2v) is 4.50. The average molecular weight is 250 g/mol. The quantitative estimate of drug-likeness (QED) is 0.806. The van der Waals surface area contributed by atoms with Gasteiger partial charge in [-0.1, -0.05) is 19.3 Å². The fraction of sp³-hybridized carbons (Fsp3) is 0.909. The molecular weight excluding hydrogens is 230 g/mol. The number of carboxylic acid groups (broad SMARTS) is 1. The van der Waals surface area contributed by atoms with Gasteiger partial charge in [0.15, 0.2) is 0 Å². The van der Waals surface area contributed by atoms with Crippen LogP contribution in [0.15, 0.2) is 0 Å². The van der Waals surface area contributed by atoms with Crippen molar-refractivity contribution in [2.75, 3.05) is 26.3 Å². The summed E-state index contributed by atoms with van der Waals surface area (Å²) in [6.45, 7) is 2.89. The number of halogens is 1. The molecule has 1 heterocycles. The summed E-state index contributed by atoms with van der Waals surface area (Å²) in [6, 6.07) is 0. The first-order chi connectivity index (χ1) is 7.26. The molecule has 1 aliphatic carbocycles. The summed E-state index contributed by atoms with van der Waals surface area (Å²) in [5.74, 6) is -0.635. The van der Waals surface area contributed by atoms with E-state index in [1.807, 2.05) is 0 Å². The van der Waals surface area contributed by atoms with Crippen LogP contribution < -0.4 is 0 Å². The van der Waals surface area contributed by atoms with E-state index >= 15 is 0 Å². The highest BCUT2D eigenvalue weighted by molar-refractivity contribution is 5.85. The summed E-state index contributed by atoms with van der Waals surface area (Å²) >= 11 is 0. The van der Waals surface area contributed by atoms with Gasteiger partial charge in [0, 0.05) is 13.1 Å². The van der Waals surface area contributed by atoms with Crippen LogP contribution in [0.1, 0.15) is 32.1 Å². The lowest BCUT2D eigenvalue weighted by Crippen LogP contribution is -2.59. The zero-order valence-corrected chi connectivity index (χ0v) is 10.3. The first-order valence-corrected chi connectivity index (χ1v) is 5.82. The van der Waals surface area contributed by atoms with Crippen LogP contribution in [-0.2, 0) is 9.53 Å². The Bertz CT molecular complexity index is 235. The summed E-state index contributed by atoms with van der Waals surface area (Å²) in [4.78, 5) is 13.6. The molecule has 2 fully saturated rings. The van der Waals surface area contributed by atoms with Gasteiger partial charge in [-0.3, -0.25) is 9.69 Å². The molecule has 0 spiro atoms. The maximum absolute atomic E-state index is 11.5. The Morgan fingerprint density at radius 1 is 1.12 bits per heavy atom. The predicted molar refractivity (Wildman–Crippen MR) is 63.1 cm³/mol. The van der Waals surface area contributed by atoms with E-state index in [2.05, 4.69) is 4.90 Å². The van der Waals surface area contributed by atoms with Crippen LogP contribution in [0.2, 0.25) is 0 Å². The van der Waals surface area contributed by atoms with Crippen molar-refractivity contribution < 1.29 is 14.6 Å². The molecule has 1 N–H and O–H groups in total. The fourth-order valence-corrected chi connectivity index (χ4v) is 2.79. The zero-order valence-electron chi connectivity index (χ0n) is 9.48. The van der Waals surface area contributed by atoms with Crippen LogP contribution in [0, 0.1) is 0 Å². The number of morpholine rings is 1. The monoisotopic (exact) mass is 249 g/mol.